The maximum atomic E-state index is 6.97. The molecule has 0 N–H and O–H groups in total. The van der Waals surface area contributed by atoms with E-state index in [9.17, 15) is 0 Å². The Morgan fingerprint density at radius 1 is 0.958 bits per heavy atom. The molecular weight excluding hydrogens is 424 g/mol. The van der Waals surface area contributed by atoms with Crippen LogP contribution in [-0.4, -0.2) is 32.8 Å². The second kappa shape index (κ2) is 8.48. The number of rotatable bonds is 5. The standard InChI is InChI=1S/C21H40OSiTe/c1-17(2)15-24(16-18(3)4)20(13-14-23(5,6)7)21(22-24)19-11-9-8-10-12-19/h17-21H,8-12,15-16H2,1-7H3/t20-,21-/m0/s1. The van der Waals surface area contributed by atoms with E-state index in [4.69, 9.17) is 3.10 Å². The van der Waals surface area contributed by atoms with Crippen LogP contribution in [0.25, 0.3) is 0 Å². The first-order valence-corrected chi connectivity index (χ1v) is 19.2. The van der Waals surface area contributed by atoms with Gasteiger partial charge in [-0.3, -0.25) is 0 Å². The molecule has 1 saturated carbocycles. The van der Waals surface area contributed by atoms with Crippen molar-refractivity contribution in [3.8, 4) is 11.5 Å². The van der Waals surface area contributed by atoms with Gasteiger partial charge >= 0.3 is 157 Å². The van der Waals surface area contributed by atoms with Gasteiger partial charge in [-0.25, -0.2) is 0 Å². The molecule has 140 valence electrons. The number of hydrogen-bond donors (Lipinski definition) is 0. The molecule has 2 aliphatic rings. The van der Waals surface area contributed by atoms with E-state index in [1.54, 1.807) is 0 Å². The normalized spacial score (nSPS) is 29.0. The summed E-state index contributed by atoms with van der Waals surface area (Å²) in [5.74, 6) is 6.20. The Kier molecular flexibility index (Phi) is 7.36. The summed E-state index contributed by atoms with van der Waals surface area (Å²) in [6.07, 6.45) is 7.52. The molecule has 0 bridgehead atoms. The van der Waals surface area contributed by atoms with Crippen molar-refractivity contribution in [3.63, 3.8) is 0 Å². The van der Waals surface area contributed by atoms with Crippen molar-refractivity contribution in [1.82, 2.24) is 0 Å². The Hall–Kier alpha value is 0.526. The van der Waals surface area contributed by atoms with Crippen molar-refractivity contribution in [2.24, 2.45) is 17.8 Å². The Morgan fingerprint density at radius 2 is 1.50 bits per heavy atom. The van der Waals surface area contributed by atoms with Gasteiger partial charge in [-0.15, -0.1) is 0 Å². The van der Waals surface area contributed by atoms with Crippen molar-refractivity contribution in [2.75, 3.05) is 0 Å². The minimum atomic E-state index is -2.33. The predicted octanol–water partition coefficient (Wildman–Crippen LogP) is 6.47. The van der Waals surface area contributed by atoms with Gasteiger partial charge in [0.2, 0.25) is 0 Å². The summed E-state index contributed by atoms with van der Waals surface area (Å²) in [7, 11) is -1.31. The van der Waals surface area contributed by atoms with Crippen molar-refractivity contribution >= 4 is 26.7 Å². The van der Waals surface area contributed by atoms with Gasteiger partial charge in [0.1, 0.15) is 0 Å². The van der Waals surface area contributed by atoms with Gasteiger partial charge in [-0.2, -0.15) is 0 Å². The summed E-state index contributed by atoms with van der Waals surface area (Å²) in [5.41, 5.74) is 3.75. The van der Waals surface area contributed by atoms with Gasteiger partial charge in [0.25, 0.3) is 0 Å². The van der Waals surface area contributed by atoms with E-state index in [2.05, 4.69) is 58.8 Å². The fourth-order valence-electron chi connectivity index (χ4n) is 4.27. The molecule has 1 aliphatic heterocycles. The molecule has 1 aliphatic carbocycles. The first-order chi connectivity index (χ1) is 11.1. The summed E-state index contributed by atoms with van der Waals surface area (Å²) in [6.45, 7) is 16.7. The molecule has 1 nitrogen and oxygen atoms in total. The van der Waals surface area contributed by atoms with Gasteiger partial charge in [-0.1, -0.05) is 0 Å². The Labute approximate surface area is 157 Å². The molecule has 2 rings (SSSR count). The topological polar surface area (TPSA) is 9.23 Å². The van der Waals surface area contributed by atoms with E-state index in [0.29, 0.717) is 10.1 Å². The zero-order valence-electron chi connectivity index (χ0n) is 17.2. The van der Waals surface area contributed by atoms with Crippen LogP contribution in [0.2, 0.25) is 32.5 Å². The van der Waals surface area contributed by atoms with E-state index in [-0.39, 0.29) is 0 Å². The van der Waals surface area contributed by atoms with Gasteiger partial charge in [0.05, 0.1) is 0 Å². The Balaban J connectivity index is 2.25. The summed E-state index contributed by atoms with van der Waals surface area (Å²) in [5, 5.41) is 0. The van der Waals surface area contributed by atoms with E-state index in [1.807, 2.05) is 0 Å². The van der Waals surface area contributed by atoms with Gasteiger partial charge in [-0.05, 0) is 0 Å². The summed E-state index contributed by atoms with van der Waals surface area (Å²) in [4.78, 5) is 0. The molecule has 0 spiro atoms. The molecule has 2 fully saturated rings. The van der Waals surface area contributed by atoms with Crippen LogP contribution in [0.15, 0.2) is 0 Å². The van der Waals surface area contributed by atoms with Crippen LogP contribution in [0, 0.1) is 29.2 Å². The molecule has 0 radical (unpaired) electrons. The molecular formula is C21H40OSiTe. The fourth-order valence-corrected chi connectivity index (χ4v) is 18.5. The molecule has 0 aromatic carbocycles. The fraction of sp³-hybridized carbons (Fsp3) is 0.905. The molecule has 1 saturated heterocycles. The number of hydrogen-bond acceptors (Lipinski definition) is 1. The summed E-state index contributed by atoms with van der Waals surface area (Å²) in [6, 6.07) is 0. The van der Waals surface area contributed by atoms with E-state index in [0.717, 1.165) is 17.8 Å². The summed E-state index contributed by atoms with van der Waals surface area (Å²) >= 11 is -2.33. The van der Waals surface area contributed by atoms with E-state index < -0.39 is 26.7 Å². The maximum absolute atomic E-state index is 6.97. The van der Waals surface area contributed by atoms with Crippen LogP contribution in [0.4, 0.5) is 0 Å². The van der Waals surface area contributed by atoms with Crippen molar-refractivity contribution in [1.29, 1.82) is 0 Å². The zero-order chi connectivity index (χ0) is 18.0. The quantitative estimate of drug-likeness (QED) is 0.335. The first kappa shape index (κ1) is 20.8. The molecule has 0 amide bonds. The molecule has 0 unspecified atom stereocenters. The van der Waals surface area contributed by atoms with Crippen LogP contribution >= 0.6 is 0 Å². The Morgan fingerprint density at radius 3 is 1.96 bits per heavy atom. The van der Waals surface area contributed by atoms with Gasteiger partial charge in [0.15, 0.2) is 0 Å². The minimum absolute atomic E-state index is 0.493. The van der Waals surface area contributed by atoms with Crippen molar-refractivity contribution in [2.45, 2.75) is 98.4 Å². The third-order valence-corrected chi connectivity index (χ3v) is 18.4. The summed E-state index contributed by atoms with van der Waals surface area (Å²) < 4.78 is 10.3. The first-order valence-electron chi connectivity index (χ1n) is 10.1. The van der Waals surface area contributed by atoms with Crippen LogP contribution in [0.5, 0.6) is 0 Å². The average Bonchev–Trinajstić information content (AvgIpc) is 2.43. The second-order valence-corrected chi connectivity index (χ2v) is 23.5. The van der Waals surface area contributed by atoms with E-state index >= 15 is 0 Å². The zero-order valence-corrected chi connectivity index (χ0v) is 20.5. The molecule has 3 heteroatoms. The van der Waals surface area contributed by atoms with Crippen molar-refractivity contribution in [3.05, 3.63) is 0 Å². The third-order valence-electron chi connectivity index (χ3n) is 5.00. The van der Waals surface area contributed by atoms with Crippen LogP contribution in [-0.2, 0) is 3.10 Å². The second-order valence-electron chi connectivity index (χ2n) is 9.89. The predicted molar refractivity (Wildman–Crippen MR) is 111 cm³/mol. The third kappa shape index (κ3) is 5.51. The van der Waals surface area contributed by atoms with Gasteiger partial charge < -0.3 is 0 Å². The van der Waals surface area contributed by atoms with E-state index in [1.165, 1.54) is 41.0 Å². The van der Waals surface area contributed by atoms with Crippen LogP contribution in [0.1, 0.15) is 59.8 Å². The monoisotopic (exact) mass is 466 g/mol. The molecule has 0 aromatic heterocycles. The molecule has 2 atom stereocenters. The average molecular weight is 464 g/mol. The molecule has 1 heterocycles. The molecule has 24 heavy (non-hydrogen) atoms. The SMILES string of the molecule is CC(C)C[Te]1(CC(C)C)O[C@@H](C2CCCCC2)[C@@H]1C#C[Si](C)(C)C. The van der Waals surface area contributed by atoms with Gasteiger partial charge in [0, 0.05) is 0 Å². The van der Waals surface area contributed by atoms with Crippen LogP contribution in [0.3, 0.4) is 0 Å². The Bertz CT molecular complexity index is 452. The van der Waals surface area contributed by atoms with Crippen LogP contribution < -0.4 is 0 Å². The van der Waals surface area contributed by atoms with Crippen molar-refractivity contribution < 1.29 is 3.10 Å². The molecule has 0 aromatic rings.